The van der Waals surface area contributed by atoms with E-state index in [0.717, 1.165) is 5.06 Å². The van der Waals surface area contributed by atoms with E-state index >= 15 is 0 Å². The summed E-state index contributed by atoms with van der Waals surface area (Å²) in [4.78, 5) is 26.3. The Hall–Kier alpha value is -1.14. The quantitative estimate of drug-likeness (QED) is 0.389. The highest BCUT2D eigenvalue weighted by molar-refractivity contribution is 5.66. The number of amides is 1. The normalized spacial score (nSPS) is 11.0. The number of carbonyl (C=O) groups excluding carboxylic acids is 2. The minimum atomic E-state index is -0.567. The van der Waals surface area contributed by atoms with Crippen LogP contribution in [0, 0.1) is 0 Å². The third kappa shape index (κ3) is 8.19. The first-order valence-corrected chi connectivity index (χ1v) is 4.98. The van der Waals surface area contributed by atoms with Crippen LogP contribution >= 0.6 is 0 Å². The first-order valence-electron chi connectivity index (χ1n) is 4.98. The Balaban J connectivity index is 3.67. The van der Waals surface area contributed by atoms with Gasteiger partial charge in [0.05, 0.1) is 13.2 Å². The van der Waals surface area contributed by atoms with Crippen molar-refractivity contribution in [2.45, 2.75) is 26.4 Å². The zero-order chi connectivity index (χ0) is 12.6. The minimum Gasteiger partial charge on any atom is -0.442 e. The van der Waals surface area contributed by atoms with Crippen molar-refractivity contribution in [2.75, 3.05) is 26.9 Å². The molecule has 0 rings (SSSR count). The van der Waals surface area contributed by atoms with Crippen LogP contribution in [0.15, 0.2) is 0 Å². The summed E-state index contributed by atoms with van der Waals surface area (Å²) in [6.07, 6.45) is 0.0836. The van der Waals surface area contributed by atoms with Crippen LogP contribution in [0.2, 0.25) is 0 Å². The van der Waals surface area contributed by atoms with Crippen LogP contribution in [0.5, 0.6) is 0 Å². The van der Waals surface area contributed by atoms with Gasteiger partial charge in [0.1, 0.15) is 18.5 Å². The fraction of sp³-hybridized carbons (Fsp3) is 0.800. The number of hydroxylamine groups is 2. The van der Waals surface area contributed by atoms with Crippen molar-refractivity contribution in [1.29, 1.82) is 0 Å². The molecule has 94 valence electrons. The second kappa shape index (κ2) is 7.19. The Morgan fingerprint density at radius 1 is 1.31 bits per heavy atom. The zero-order valence-corrected chi connectivity index (χ0v) is 10.2. The Bertz CT molecular complexity index is 224. The summed E-state index contributed by atoms with van der Waals surface area (Å²) in [5.41, 5.74) is -0.553. The fourth-order valence-corrected chi connectivity index (χ4v) is 0.743. The maximum Gasteiger partial charge on any atom is 0.434 e. The number of hydrogen-bond donors (Lipinski definition) is 0. The molecule has 0 fully saturated rings. The molecule has 0 saturated heterocycles. The molecule has 0 aromatic rings. The first kappa shape index (κ1) is 14.9. The van der Waals surface area contributed by atoms with Crippen molar-refractivity contribution >= 4 is 12.4 Å². The van der Waals surface area contributed by atoms with Crippen LogP contribution in [-0.4, -0.2) is 49.9 Å². The number of nitrogens with zero attached hydrogens (tertiary/aromatic N) is 1. The van der Waals surface area contributed by atoms with Gasteiger partial charge >= 0.3 is 6.09 Å². The summed E-state index contributed by atoms with van der Waals surface area (Å²) < 4.78 is 9.88. The topological polar surface area (TPSA) is 65.1 Å². The van der Waals surface area contributed by atoms with Crippen molar-refractivity contribution in [3.8, 4) is 0 Å². The molecule has 6 nitrogen and oxygen atoms in total. The van der Waals surface area contributed by atoms with E-state index in [9.17, 15) is 9.59 Å². The highest BCUT2D eigenvalue weighted by Crippen LogP contribution is 2.08. The van der Waals surface area contributed by atoms with Gasteiger partial charge in [-0.15, -0.1) is 0 Å². The molecule has 0 aliphatic carbocycles. The van der Waals surface area contributed by atoms with E-state index in [-0.39, 0.29) is 19.8 Å². The van der Waals surface area contributed by atoms with E-state index in [0.29, 0.717) is 6.29 Å². The van der Waals surface area contributed by atoms with Gasteiger partial charge in [-0.2, -0.15) is 5.06 Å². The number of ether oxygens (including phenoxy) is 2. The predicted octanol–water partition coefficient (Wildman–Crippen LogP) is 1.00. The molecule has 6 heteroatoms. The Kier molecular flexibility index (Phi) is 6.67. The summed E-state index contributed by atoms with van der Waals surface area (Å²) in [5.74, 6) is 0. The van der Waals surface area contributed by atoms with Gasteiger partial charge in [-0.3, -0.25) is 4.84 Å². The summed E-state index contributed by atoms with van der Waals surface area (Å²) in [6.45, 7) is 5.76. The van der Waals surface area contributed by atoms with Gasteiger partial charge < -0.3 is 14.3 Å². The van der Waals surface area contributed by atoms with E-state index in [1.165, 1.54) is 7.05 Å². The van der Waals surface area contributed by atoms with Crippen molar-refractivity contribution in [1.82, 2.24) is 5.06 Å². The second-order valence-corrected chi connectivity index (χ2v) is 4.05. The monoisotopic (exact) mass is 233 g/mol. The fourth-order valence-electron chi connectivity index (χ4n) is 0.743. The van der Waals surface area contributed by atoms with Crippen molar-refractivity contribution in [3.63, 3.8) is 0 Å². The lowest BCUT2D eigenvalue weighted by atomic mass is 10.2. The van der Waals surface area contributed by atoms with Gasteiger partial charge in [0.25, 0.3) is 0 Å². The van der Waals surface area contributed by atoms with Crippen molar-refractivity contribution in [2.24, 2.45) is 0 Å². The molecular weight excluding hydrogens is 214 g/mol. The molecule has 16 heavy (non-hydrogen) atoms. The zero-order valence-electron chi connectivity index (χ0n) is 10.2. The average molecular weight is 233 g/mol. The summed E-state index contributed by atoms with van der Waals surface area (Å²) >= 11 is 0. The number of hydrogen-bond acceptors (Lipinski definition) is 5. The van der Waals surface area contributed by atoms with Gasteiger partial charge in [-0.25, -0.2) is 4.79 Å². The molecule has 0 aliphatic heterocycles. The summed E-state index contributed by atoms with van der Waals surface area (Å²) in [5, 5.41) is 0.996. The smallest absolute Gasteiger partial charge is 0.434 e. The van der Waals surface area contributed by atoms with Gasteiger partial charge in [-0.05, 0) is 20.8 Å². The second-order valence-electron chi connectivity index (χ2n) is 4.05. The molecule has 0 bridgehead atoms. The molecule has 0 radical (unpaired) electrons. The van der Waals surface area contributed by atoms with Crippen molar-refractivity contribution in [3.05, 3.63) is 0 Å². The minimum absolute atomic E-state index is 0.0273. The third-order valence-corrected chi connectivity index (χ3v) is 1.35. The van der Waals surface area contributed by atoms with Crippen LogP contribution in [0.1, 0.15) is 20.8 Å². The Labute approximate surface area is 95.4 Å². The van der Waals surface area contributed by atoms with E-state index in [4.69, 9.17) is 14.3 Å². The molecule has 0 atom stereocenters. The first-order chi connectivity index (χ1) is 7.37. The van der Waals surface area contributed by atoms with Crippen LogP contribution in [0.25, 0.3) is 0 Å². The lowest BCUT2D eigenvalue weighted by Crippen LogP contribution is -2.35. The third-order valence-electron chi connectivity index (χ3n) is 1.35. The molecule has 0 spiro atoms. The van der Waals surface area contributed by atoms with Gasteiger partial charge in [0.2, 0.25) is 0 Å². The number of aldehydes is 1. The molecular formula is C10H19NO5. The standard InChI is InChI=1S/C10H19NO5/c1-10(2,3)16-9(13)11(4)15-8-7-14-6-5-12/h5H,6-8H2,1-4H3. The molecule has 1 amide bonds. The number of rotatable bonds is 6. The highest BCUT2D eigenvalue weighted by Gasteiger charge is 2.19. The van der Waals surface area contributed by atoms with Gasteiger partial charge in [-0.1, -0.05) is 0 Å². The Morgan fingerprint density at radius 2 is 1.94 bits per heavy atom. The van der Waals surface area contributed by atoms with Gasteiger partial charge in [0, 0.05) is 7.05 Å². The predicted molar refractivity (Wildman–Crippen MR) is 56.8 cm³/mol. The molecule has 0 aliphatic rings. The number of carbonyl (C=O) groups is 2. The van der Waals surface area contributed by atoms with Gasteiger partial charge in [0.15, 0.2) is 0 Å². The Morgan fingerprint density at radius 3 is 2.44 bits per heavy atom. The lowest BCUT2D eigenvalue weighted by Gasteiger charge is -2.23. The van der Waals surface area contributed by atoms with E-state index in [1.807, 2.05) is 0 Å². The highest BCUT2D eigenvalue weighted by atomic mass is 16.7. The maximum absolute atomic E-state index is 11.4. The maximum atomic E-state index is 11.4. The van der Waals surface area contributed by atoms with Crippen molar-refractivity contribution < 1.29 is 23.9 Å². The molecule has 0 unspecified atom stereocenters. The van der Waals surface area contributed by atoms with Crippen LogP contribution in [-0.2, 0) is 19.1 Å². The molecule has 0 aromatic heterocycles. The van der Waals surface area contributed by atoms with E-state index in [2.05, 4.69) is 0 Å². The van der Waals surface area contributed by atoms with E-state index < -0.39 is 11.7 Å². The summed E-state index contributed by atoms with van der Waals surface area (Å²) in [7, 11) is 1.45. The van der Waals surface area contributed by atoms with Crippen LogP contribution in [0.4, 0.5) is 4.79 Å². The summed E-state index contributed by atoms with van der Waals surface area (Å²) in [6, 6.07) is 0. The molecule has 0 saturated carbocycles. The van der Waals surface area contributed by atoms with Crippen LogP contribution < -0.4 is 0 Å². The SMILES string of the molecule is CN(OCCOCC=O)C(=O)OC(C)(C)C. The largest absolute Gasteiger partial charge is 0.442 e. The lowest BCUT2D eigenvalue weighted by molar-refractivity contribution is -0.143. The van der Waals surface area contributed by atoms with Crippen LogP contribution in [0.3, 0.4) is 0 Å². The average Bonchev–Trinajstić information content (AvgIpc) is 2.14. The molecule has 0 aromatic carbocycles. The van der Waals surface area contributed by atoms with E-state index in [1.54, 1.807) is 20.8 Å². The molecule has 0 N–H and O–H groups in total. The molecule has 0 heterocycles.